The maximum Gasteiger partial charge on any atom is 0.256 e. The molecule has 0 unspecified atom stereocenters. The number of rotatable bonds is 4. The molecule has 2 aromatic rings. The minimum atomic E-state index is -3.59. The second kappa shape index (κ2) is 8.21. The van der Waals surface area contributed by atoms with Gasteiger partial charge >= 0.3 is 0 Å². The van der Waals surface area contributed by atoms with Gasteiger partial charge < -0.3 is 4.90 Å². The summed E-state index contributed by atoms with van der Waals surface area (Å²) in [4.78, 5) is 13.9. The average Bonchev–Trinajstić information content (AvgIpc) is 2.67. The summed E-state index contributed by atoms with van der Waals surface area (Å²) in [7, 11) is -3.59. The maximum atomic E-state index is 13.9. The van der Waals surface area contributed by atoms with Gasteiger partial charge in [-0.05, 0) is 29.8 Å². The molecule has 1 aliphatic heterocycles. The number of benzene rings is 2. The second-order valence-electron chi connectivity index (χ2n) is 6.07. The van der Waals surface area contributed by atoms with Crippen LogP contribution in [0, 0.1) is 5.82 Å². The van der Waals surface area contributed by atoms with Gasteiger partial charge in [-0.2, -0.15) is 4.31 Å². The van der Waals surface area contributed by atoms with Gasteiger partial charge in [0.25, 0.3) is 5.91 Å². The topological polar surface area (TPSA) is 57.7 Å². The number of amides is 1. The van der Waals surface area contributed by atoms with Crippen molar-refractivity contribution in [2.45, 2.75) is 0 Å². The molecule has 0 saturated carbocycles. The summed E-state index contributed by atoms with van der Waals surface area (Å²) in [5, 5.41) is 1.38. The van der Waals surface area contributed by atoms with Crippen molar-refractivity contribution < 1.29 is 17.6 Å². The van der Waals surface area contributed by atoms with E-state index >= 15 is 0 Å². The average molecular weight is 409 g/mol. The van der Waals surface area contributed by atoms with Crippen LogP contribution >= 0.6 is 11.6 Å². The quantitative estimate of drug-likeness (QED) is 0.780. The highest BCUT2D eigenvalue weighted by Crippen LogP contribution is 2.18. The van der Waals surface area contributed by atoms with Gasteiger partial charge in [-0.15, -0.1) is 0 Å². The molecular formula is C19H18ClFN2O3S. The predicted molar refractivity (Wildman–Crippen MR) is 103 cm³/mol. The number of hydrogen-bond donors (Lipinski definition) is 0. The van der Waals surface area contributed by atoms with Gasteiger partial charge in [0, 0.05) is 36.6 Å². The number of piperazine rings is 1. The third-order valence-corrected chi connectivity index (χ3v) is 6.08. The Labute approximate surface area is 162 Å². The summed E-state index contributed by atoms with van der Waals surface area (Å²) in [6.45, 7) is 0.698. The summed E-state index contributed by atoms with van der Waals surface area (Å²) in [6, 6.07) is 13.0. The Hall–Kier alpha value is -2.22. The molecule has 0 aliphatic carbocycles. The van der Waals surface area contributed by atoms with Crippen molar-refractivity contribution in [2.75, 3.05) is 26.2 Å². The van der Waals surface area contributed by atoms with Gasteiger partial charge in [0.1, 0.15) is 5.82 Å². The molecule has 1 saturated heterocycles. The predicted octanol–water partition coefficient (Wildman–Crippen LogP) is 3.24. The van der Waals surface area contributed by atoms with Gasteiger partial charge in [-0.25, -0.2) is 12.8 Å². The number of nitrogens with zero attached hydrogens (tertiary/aromatic N) is 2. The molecule has 0 spiro atoms. The van der Waals surface area contributed by atoms with Gasteiger partial charge in [0.05, 0.1) is 5.56 Å². The zero-order valence-corrected chi connectivity index (χ0v) is 16.0. The van der Waals surface area contributed by atoms with Crippen LogP contribution in [0.1, 0.15) is 15.9 Å². The van der Waals surface area contributed by atoms with E-state index in [0.29, 0.717) is 0 Å². The van der Waals surface area contributed by atoms with E-state index in [2.05, 4.69) is 0 Å². The smallest absolute Gasteiger partial charge is 0.256 e. The molecule has 0 N–H and O–H groups in total. The number of carbonyl (C=O) groups excluding carboxylic acids is 1. The standard InChI is InChI=1S/C19H18ClFN2O3S/c20-16-6-7-17(18(21)14-16)19(24)22-9-11-23(12-10-22)27(25,26)13-8-15-4-2-1-3-5-15/h1-8,13-14H,9-12H2/b13-8+. The molecule has 27 heavy (non-hydrogen) atoms. The Morgan fingerprint density at radius 1 is 1.04 bits per heavy atom. The first-order chi connectivity index (χ1) is 12.9. The van der Waals surface area contributed by atoms with Crippen LogP contribution in [0.3, 0.4) is 0 Å². The third kappa shape index (κ3) is 4.74. The molecule has 0 bridgehead atoms. The number of hydrogen-bond acceptors (Lipinski definition) is 3. The largest absolute Gasteiger partial charge is 0.336 e. The lowest BCUT2D eigenvalue weighted by atomic mass is 10.1. The zero-order valence-electron chi connectivity index (χ0n) is 14.4. The summed E-state index contributed by atoms with van der Waals surface area (Å²) < 4.78 is 40.2. The fourth-order valence-corrected chi connectivity index (χ4v) is 4.13. The molecule has 1 aliphatic rings. The van der Waals surface area contributed by atoms with Crippen molar-refractivity contribution in [1.29, 1.82) is 0 Å². The highest BCUT2D eigenvalue weighted by atomic mass is 35.5. The Morgan fingerprint density at radius 2 is 1.70 bits per heavy atom. The molecule has 5 nitrogen and oxygen atoms in total. The summed E-state index contributed by atoms with van der Waals surface area (Å²) >= 11 is 5.71. The minimum Gasteiger partial charge on any atom is -0.336 e. The van der Waals surface area contributed by atoms with Crippen LogP contribution in [0.15, 0.2) is 53.9 Å². The lowest BCUT2D eigenvalue weighted by molar-refractivity contribution is 0.0694. The van der Waals surface area contributed by atoms with E-state index in [1.807, 2.05) is 30.3 Å². The highest BCUT2D eigenvalue weighted by molar-refractivity contribution is 7.92. The van der Waals surface area contributed by atoms with Crippen LogP contribution in [-0.2, 0) is 10.0 Å². The molecule has 142 valence electrons. The van der Waals surface area contributed by atoms with Crippen molar-refractivity contribution in [3.05, 3.63) is 75.9 Å². The Balaban J connectivity index is 1.64. The SMILES string of the molecule is O=C(c1ccc(Cl)cc1F)N1CCN(S(=O)(=O)/C=C/c2ccccc2)CC1. The lowest BCUT2D eigenvalue weighted by Crippen LogP contribution is -2.50. The molecule has 0 radical (unpaired) electrons. The zero-order chi connectivity index (χ0) is 19.4. The maximum absolute atomic E-state index is 13.9. The van der Waals surface area contributed by atoms with Crippen molar-refractivity contribution in [3.8, 4) is 0 Å². The molecule has 8 heteroatoms. The molecule has 0 aromatic heterocycles. The van der Waals surface area contributed by atoms with E-state index in [4.69, 9.17) is 11.6 Å². The van der Waals surface area contributed by atoms with Gasteiger partial charge in [0.15, 0.2) is 0 Å². The van der Waals surface area contributed by atoms with Crippen LogP contribution in [0.25, 0.3) is 6.08 Å². The van der Waals surface area contributed by atoms with Crippen LogP contribution in [0.5, 0.6) is 0 Å². The fraction of sp³-hybridized carbons (Fsp3) is 0.211. The van der Waals surface area contributed by atoms with E-state index < -0.39 is 21.7 Å². The van der Waals surface area contributed by atoms with Gasteiger partial charge in [-0.1, -0.05) is 41.9 Å². The number of halogens is 2. The summed E-state index contributed by atoms with van der Waals surface area (Å²) in [6.07, 6.45) is 1.54. The Kier molecular flexibility index (Phi) is 5.94. The van der Waals surface area contributed by atoms with Crippen LogP contribution in [0.2, 0.25) is 5.02 Å². The van der Waals surface area contributed by atoms with Crippen molar-refractivity contribution in [3.63, 3.8) is 0 Å². The fourth-order valence-electron chi connectivity index (χ4n) is 2.79. The summed E-state index contributed by atoms with van der Waals surface area (Å²) in [5.41, 5.74) is 0.716. The minimum absolute atomic E-state index is 0.0697. The first-order valence-electron chi connectivity index (χ1n) is 8.34. The monoisotopic (exact) mass is 408 g/mol. The van der Waals surface area contributed by atoms with E-state index in [1.165, 1.54) is 32.8 Å². The van der Waals surface area contributed by atoms with E-state index in [1.54, 1.807) is 0 Å². The van der Waals surface area contributed by atoms with E-state index in [0.717, 1.165) is 11.6 Å². The van der Waals surface area contributed by atoms with E-state index in [9.17, 15) is 17.6 Å². The molecule has 1 fully saturated rings. The van der Waals surface area contributed by atoms with Crippen molar-refractivity contribution in [2.24, 2.45) is 0 Å². The molecular weight excluding hydrogens is 391 g/mol. The molecule has 3 rings (SSSR count). The highest BCUT2D eigenvalue weighted by Gasteiger charge is 2.28. The van der Waals surface area contributed by atoms with Gasteiger partial charge in [-0.3, -0.25) is 4.79 Å². The van der Waals surface area contributed by atoms with Crippen molar-refractivity contribution in [1.82, 2.24) is 9.21 Å². The first kappa shape index (κ1) is 19.5. The third-order valence-electron chi connectivity index (χ3n) is 4.28. The number of sulfonamides is 1. The number of carbonyl (C=O) groups is 1. The van der Waals surface area contributed by atoms with Crippen molar-refractivity contribution >= 4 is 33.6 Å². The Bertz CT molecular complexity index is 956. The first-order valence-corrected chi connectivity index (χ1v) is 10.2. The van der Waals surface area contributed by atoms with Crippen LogP contribution in [0.4, 0.5) is 4.39 Å². The molecule has 1 heterocycles. The molecule has 1 amide bonds. The van der Waals surface area contributed by atoms with Crippen LogP contribution in [-0.4, -0.2) is 49.7 Å². The second-order valence-corrected chi connectivity index (χ2v) is 8.33. The normalized spacial score (nSPS) is 16.0. The lowest BCUT2D eigenvalue weighted by Gasteiger charge is -2.33. The Morgan fingerprint density at radius 3 is 2.33 bits per heavy atom. The molecule has 0 atom stereocenters. The molecule has 2 aromatic carbocycles. The van der Waals surface area contributed by atoms with Gasteiger partial charge in [0.2, 0.25) is 10.0 Å². The van der Waals surface area contributed by atoms with Crippen LogP contribution < -0.4 is 0 Å². The summed E-state index contributed by atoms with van der Waals surface area (Å²) in [5.74, 6) is -1.16. The van der Waals surface area contributed by atoms with E-state index in [-0.39, 0.29) is 36.8 Å².